The number of likely N-dealkylation sites (tertiary alicyclic amines) is 1. The van der Waals surface area contributed by atoms with E-state index >= 15 is 0 Å². The Kier molecular flexibility index (Phi) is 2.71. The molecule has 0 aromatic rings. The molecule has 1 rings (SSSR count). The SMILES string of the molecule is CC1(C)CC(=O)N(C(C)(C)C(C)(C)O)C1=O. The summed E-state index contributed by atoms with van der Waals surface area (Å²) in [5.41, 5.74) is -2.67. The zero-order valence-electron chi connectivity index (χ0n) is 10.9. The molecule has 4 heteroatoms. The highest BCUT2D eigenvalue weighted by Gasteiger charge is 2.54. The monoisotopic (exact) mass is 227 g/mol. The highest BCUT2D eigenvalue weighted by molar-refractivity contribution is 6.06. The molecule has 0 aliphatic carbocycles. The van der Waals surface area contributed by atoms with Crippen LogP contribution in [0.4, 0.5) is 0 Å². The fourth-order valence-electron chi connectivity index (χ4n) is 1.79. The molecule has 1 saturated heterocycles. The van der Waals surface area contributed by atoms with Crippen LogP contribution >= 0.6 is 0 Å². The van der Waals surface area contributed by atoms with Gasteiger partial charge in [0.15, 0.2) is 0 Å². The van der Waals surface area contributed by atoms with Gasteiger partial charge in [-0.25, -0.2) is 0 Å². The van der Waals surface area contributed by atoms with Crippen molar-refractivity contribution in [2.75, 3.05) is 0 Å². The minimum Gasteiger partial charge on any atom is -0.388 e. The van der Waals surface area contributed by atoms with Crippen molar-refractivity contribution in [1.82, 2.24) is 4.90 Å². The summed E-state index contributed by atoms with van der Waals surface area (Å²) in [6, 6.07) is 0. The zero-order valence-corrected chi connectivity index (χ0v) is 10.9. The molecular formula is C12H21NO3. The van der Waals surface area contributed by atoms with E-state index < -0.39 is 16.6 Å². The number of hydrogen-bond donors (Lipinski definition) is 1. The second-order valence-corrected chi connectivity index (χ2v) is 6.21. The first-order valence-corrected chi connectivity index (χ1v) is 5.51. The smallest absolute Gasteiger partial charge is 0.235 e. The Balaban J connectivity index is 3.17. The predicted octanol–water partition coefficient (Wildman–Crippen LogP) is 1.32. The van der Waals surface area contributed by atoms with Gasteiger partial charge in [0.2, 0.25) is 11.8 Å². The first kappa shape index (κ1) is 13.2. The Morgan fingerprint density at radius 3 is 1.88 bits per heavy atom. The van der Waals surface area contributed by atoms with Crippen LogP contribution < -0.4 is 0 Å². The molecule has 1 N–H and O–H groups in total. The summed E-state index contributed by atoms with van der Waals surface area (Å²) in [4.78, 5) is 25.2. The summed E-state index contributed by atoms with van der Waals surface area (Å²) >= 11 is 0. The first-order valence-electron chi connectivity index (χ1n) is 5.51. The van der Waals surface area contributed by atoms with Gasteiger partial charge < -0.3 is 5.11 Å². The molecule has 4 nitrogen and oxygen atoms in total. The maximum absolute atomic E-state index is 12.1. The molecule has 0 saturated carbocycles. The van der Waals surface area contributed by atoms with Crippen LogP contribution in [-0.2, 0) is 9.59 Å². The van der Waals surface area contributed by atoms with Gasteiger partial charge in [0, 0.05) is 6.42 Å². The van der Waals surface area contributed by atoms with Crippen LogP contribution in [0.15, 0.2) is 0 Å². The molecule has 0 bridgehead atoms. The fourth-order valence-corrected chi connectivity index (χ4v) is 1.79. The zero-order chi connectivity index (χ0) is 12.9. The van der Waals surface area contributed by atoms with Gasteiger partial charge in [0.05, 0.1) is 16.6 Å². The van der Waals surface area contributed by atoms with Crippen LogP contribution in [0, 0.1) is 5.41 Å². The molecule has 0 aromatic heterocycles. The number of rotatable bonds is 2. The molecule has 0 atom stereocenters. The van der Waals surface area contributed by atoms with Gasteiger partial charge in [-0.2, -0.15) is 0 Å². The lowest BCUT2D eigenvalue weighted by Crippen LogP contribution is -2.60. The van der Waals surface area contributed by atoms with Crippen LogP contribution in [0.1, 0.15) is 48.0 Å². The molecule has 1 fully saturated rings. The second kappa shape index (κ2) is 3.29. The minimum absolute atomic E-state index is 0.204. The van der Waals surface area contributed by atoms with Crippen LogP contribution in [0.2, 0.25) is 0 Å². The van der Waals surface area contributed by atoms with Crippen molar-refractivity contribution in [2.24, 2.45) is 5.41 Å². The number of carbonyl (C=O) groups excluding carboxylic acids is 2. The van der Waals surface area contributed by atoms with Gasteiger partial charge in [0.1, 0.15) is 0 Å². The van der Waals surface area contributed by atoms with Crippen molar-refractivity contribution in [3.05, 3.63) is 0 Å². The predicted molar refractivity (Wildman–Crippen MR) is 60.6 cm³/mol. The highest BCUT2D eigenvalue weighted by Crippen LogP contribution is 2.39. The van der Waals surface area contributed by atoms with Crippen molar-refractivity contribution in [3.8, 4) is 0 Å². The Bertz CT molecular complexity index is 337. The van der Waals surface area contributed by atoms with Crippen molar-refractivity contribution < 1.29 is 14.7 Å². The number of hydrogen-bond acceptors (Lipinski definition) is 3. The number of aliphatic hydroxyl groups is 1. The third kappa shape index (κ3) is 1.75. The molecule has 92 valence electrons. The molecule has 1 aliphatic heterocycles. The third-order valence-electron chi connectivity index (χ3n) is 3.68. The summed E-state index contributed by atoms with van der Waals surface area (Å²) in [5.74, 6) is -0.410. The van der Waals surface area contributed by atoms with Crippen molar-refractivity contribution in [2.45, 2.75) is 59.1 Å². The first-order chi connectivity index (χ1) is 6.91. The van der Waals surface area contributed by atoms with E-state index in [0.717, 1.165) is 0 Å². The lowest BCUT2D eigenvalue weighted by Gasteiger charge is -2.43. The van der Waals surface area contributed by atoms with Crippen molar-refractivity contribution in [1.29, 1.82) is 0 Å². The van der Waals surface area contributed by atoms with Gasteiger partial charge in [0.25, 0.3) is 0 Å². The normalized spacial score (nSPS) is 21.8. The van der Waals surface area contributed by atoms with E-state index in [9.17, 15) is 14.7 Å². The van der Waals surface area contributed by atoms with Crippen molar-refractivity contribution >= 4 is 11.8 Å². The number of imide groups is 1. The van der Waals surface area contributed by atoms with E-state index in [0.29, 0.717) is 0 Å². The molecule has 0 aromatic carbocycles. The molecule has 2 amide bonds. The molecule has 0 unspecified atom stereocenters. The maximum Gasteiger partial charge on any atom is 0.235 e. The molecule has 0 radical (unpaired) electrons. The van der Waals surface area contributed by atoms with Crippen molar-refractivity contribution in [3.63, 3.8) is 0 Å². The van der Waals surface area contributed by atoms with E-state index in [1.807, 2.05) is 0 Å². The molecule has 1 heterocycles. The van der Waals surface area contributed by atoms with E-state index in [-0.39, 0.29) is 18.2 Å². The van der Waals surface area contributed by atoms with Gasteiger partial charge in [-0.1, -0.05) is 13.8 Å². The second-order valence-electron chi connectivity index (χ2n) is 6.21. The van der Waals surface area contributed by atoms with E-state index in [4.69, 9.17) is 0 Å². The fraction of sp³-hybridized carbons (Fsp3) is 0.833. The van der Waals surface area contributed by atoms with Gasteiger partial charge in [-0.05, 0) is 27.7 Å². The molecule has 1 aliphatic rings. The number of nitrogens with zero attached hydrogens (tertiary/aromatic N) is 1. The average Bonchev–Trinajstić information content (AvgIpc) is 2.18. The largest absolute Gasteiger partial charge is 0.388 e. The molecule has 0 spiro atoms. The maximum atomic E-state index is 12.1. The average molecular weight is 227 g/mol. The van der Waals surface area contributed by atoms with Crippen LogP contribution in [0.25, 0.3) is 0 Å². The highest BCUT2D eigenvalue weighted by atomic mass is 16.3. The Morgan fingerprint density at radius 2 is 1.62 bits per heavy atom. The summed E-state index contributed by atoms with van der Waals surface area (Å²) in [5, 5.41) is 10.1. The summed E-state index contributed by atoms with van der Waals surface area (Å²) < 4.78 is 0. The van der Waals surface area contributed by atoms with E-state index in [1.165, 1.54) is 4.90 Å². The summed E-state index contributed by atoms with van der Waals surface area (Å²) in [6.07, 6.45) is 0.214. The lowest BCUT2D eigenvalue weighted by atomic mass is 9.84. The Labute approximate surface area is 96.6 Å². The summed E-state index contributed by atoms with van der Waals surface area (Å²) in [6.45, 7) is 10.2. The van der Waals surface area contributed by atoms with E-state index in [1.54, 1.807) is 41.5 Å². The lowest BCUT2D eigenvalue weighted by molar-refractivity contribution is -0.157. The molecule has 16 heavy (non-hydrogen) atoms. The quantitative estimate of drug-likeness (QED) is 0.724. The minimum atomic E-state index is -1.13. The van der Waals surface area contributed by atoms with Crippen LogP contribution in [-0.4, -0.2) is 33.0 Å². The standard InChI is InChI=1S/C12H21NO3/c1-10(2)7-8(14)13(9(10)15)11(3,4)12(5,6)16/h16H,7H2,1-6H3. The number of amides is 2. The van der Waals surface area contributed by atoms with Crippen LogP contribution in [0.5, 0.6) is 0 Å². The molecular weight excluding hydrogens is 206 g/mol. The van der Waals surface area contributed by atoms with Gasteiger partial charge in [-0.15, -0.1) is 0 Å². The Hall–Kier alpha value is -0.900. The Morgan fingerprint density at radius 1 is 1.19 bits per heavy atom. The topological polar surface area (TPSA) is 57.6 Å². The summed E-state index contributed by atoms with van der Waals surface area (Å²) in [7, 11) is 0. The van der Waals surface area contributed by atoms with Crippen LogP contribution in [0.3, 0.4) is 0 Å². The third-order valence-corrected chi connectivity index (χ3v) is 3.68. The van der Waals surface area contributed by atoms with Gasteiger partial charge in [-0.3, -0.25) is 14.5 Å². The van der Waals surface area contributed by atoms with Gasteiger partial charge >= 0.3 is 0 Å². The number of carbonyl (C=O) groups is 2. The van der Waals surface area contributed by atoms with E-state index in [2.05, 4.69) is 0 Å².